The maximum absolute atomic E-state index is 12.3. The van der Waals surface area contributed by atoms with Crippen LogP contribution in [0.3, 0.4) is 0 Å². The van der Waals surface area contributed by atoms with Crippen LogP contribution >= 0.6 is 11.8 Å². The molecule has 0 saturated carbocycles. The number of imidazole rings is 1. The Labute approximate surface area is 152 Å². The number of carbonyl (C=O) groups excluding carboxylic acids is 1. The van der Waals surface area contributed by atoms with Crippen molar-refractivity contribution in [2.45, 2.75) is 25.9 Å². The van der Waals surface area contributed by atoms with Crippen molar-refractivity contribution in [3.8, 4) is 11.3 Å². The van der Waals surface area contributed by atoms with Gasteiger partial charge in [0, 0.05) is 5.69 Å². The first-order valence-corrected chi connectivity index (χ1v) is 9.12. The van der Waals surface area contributed by atoms with Gasteiger partial charge in [-0.1, -0.05) is 59.8 Å². The number of hydrogen-bond donors (Lipinski definition) is 2. The van der Waals surface area contributed by atoms with Crippen LogP contribution in [0, 0.1) is 20.8 Å². The van der Waals surface area contributed by atoms with E-state index in [2.05, 4.69) is 34.3 Å². The van der Waals surface area contributed by atoms with Crippen molar-refractivity contribution in [1.82, 2.24) is 9.97 Å². The van der Waals surface area contributed by atoms with Gasteiger partial charge in [-0.2, -0.15) is 0 Å². The molecule has 25 heavy (non-hydrogen) atoms. The fraction of sp³-hybridized carbons (Fsp3) is 0.200. The van der Waals surface area contributed by atoms with Gasteiger partial charge in [-0.3, -0.25) is 4.79 Å². The monoisotopic (exact) mass is 351 g/mol. The molecule has 5 heteroatoms. The average Bonchev–Trinajstić information content (AvgIpc) is 3.06. The Morgan fingerprint density at radius 2 is 1.80 bits per heavy atom. The minimum absolute atomic E-state index is 0.0299. The van der Waals surface area contributed by atoms with Gasteiger partial charge < -0.3 is 10.3 Å². The van der Waals surface area contributed by atoms with E-state index in [1.165, 1.54) is 17.3 Å². The molecule has 0 unspecified atom stereocenters. The zero-order valence-electron chi connectivity index (χ0n) is 14.6. The summed E-state index contributed by atoms with van der Waals surface area (Å²) in [7, 11) is 0. The van der Waals surface area contributed by atoms with Crippen LogP contribution in [0.1, 0.15) is 16.7 Å². The molecule has 0 spiro atoms. The molecule has 3 rings (SSSR count). The van der Waals surface area contributed by atoms with Gasteiger partial charge in [0.2, 0.25) is 5.91 Å². The third kappa shape index (κ3) is 4.31. The molecule has 0 aliphatic heterocycles. The van der Waals surface area contributed by atoms with E-state index in [4.69, 9.17) is 0 Å². The summed E-state index contributed by atoms with van der Waals surface area (Å²) in [6, 6.07) is 14.2. The van der Waals surface area contributed by atoms with Gasteiger partial charge in [-0.15, -0.1) is 0 Å². The van der Waals surface area contributed by atoms with E-state index in [0.717, 1.165) is 33.2 Å². The van der Waals surface area contributed by atoms with E-state index >= 15 is 0 Å². The average molecular weight is 351 g/mol. The highest BCUT2D eigenvalue weighted by atomic mass is 32.2. The van der Waals surface area contributed by atoms with Crippen LogP contribution in [-0.4, -0.2) is 21.6 Å². The van der Waals surface area contributed by atoms with Gasteiger partial charge in [0.15, 0.2) is 5.16 Å². The first-order valence-electron chi connectivity index (χ1n) is 8.14. The van der Waals surface area contributed by atoms with Gasteiger partial charge in [0.05, 0.1) is 17.6 Å². The minimum atomic E-state index is -0.0299. The molecule has 2 N–H and O–H groups in total. The molecule has 0 saturated heterocycles. The van der Waals surface area contributed by atoms with Gasteiger partial charge in [-0.25, -0.2) is 4.98 Å². The fourth-order valence-corrected chi connectivity index (χ4v) is 3.48. The van der Waals surface area contributed by atoms with Crippen LogP contribution in [0.5, 0.6) is 0 Å². The maximum Gasteiger partial charge on any atom is 0.234 e. The molecule has 3 aromatic rings. The number of aryl methyl sites for hydroxylation is 3. The third-order valence-corrected chi connectivity index (χ3v) is 4.81. The Hall–Kier alpha value is -2.53. The fourth-order valence-electron chi connectivity index (χ4n) is 2.83. The van der Waals surface area contributed by atoms with E-state index in [1.54, 1.807) is 6.20 Å². The summed E-state index contributed by atoms with van der Waals surface area (Å²) >= 11 is 1.40. The second-order valence-corrected chi connectivity index (χ2v) is 7.04. The first-order chi connectivity index (χ1) is 12.0. The summed E-state index contributed by atoms with van der Waals surface area (Å²) in [5.74, 6) is 0.284. The lowest BCUT2D eigenvalue weighted by Crippen LogP contribution is -2.16. The number of aromatic amines is 1. The van der Waals surface area contributed by atoms with Crippen molar-refractivity contribution < 1.29 is 4.79 Å². The van der Waals surface area contributed by atoms with Crippen molar-refractivity contribution >= 4 is 23.4 Å². The van der Waals surface area contributed by atoms with Crippen LogP contribution < -0.4 is 5.32 Å². The summed E-state index contributed by atoms with van der Waals surface area (Å²) in [5.41, 5.74) is 6.30. The third-order valence-electron chi connectivity index (χ3n) is 3.92. The number of benzene rings is 2. The van der Waals surface area contributed by atoms with E-state index in [-0.39, 0.29) is 5.91 Å². The smallest absolute Gasteiger partial charge is 0.234 e. The van der Waals surface area contributed by atoms with Crippen molar-refractivity contribution in [2.75, 3.05) is 11.1 Å². The molecular formula is C20H21N3OS. The van der Waals surface area contributed by atoms with Crippen LogP contribution in [0.2, 0.25) is 0 Å². The predicted molar refractivity (Wildman–Crippen MR) is 104 cm³/mol. The standard InChI is InChI=1S/C20H21N3OS/c1-13-9-14(2)19(15(3)10-13)23-18(24)12-25-20-21-11-17(22-20)16-7-5-4-6-8-16/h4-11H,12H2,1-3H3,(H,21,22)(H,23,24). The highest BCUT2D eigenvalue weighted by molar-refractivity contribution is 7.99. The molecule has 1 amide bonds. The molecule has 0 radical (unpaired) electrons. The zero-order valence-corrected chi connectivity index (χ0v) is 15.4. The number of aromatic nitrogens is 2. The number of rotatable bonds is 5. The Morgan fingerprint density at radius 1 is 1.12 bits per heavy atom. The number of hydrogen-bond acceptors (Lipinski definition) is 3. The SMILES string of the molecule is Cc1cc(C)c(NC(=O)CSc2ncc(-c3ccccc3)[nH]2)c(C)c1. The second kappa shape index (κ2) is 7.57. The van der Waals surface area contributed by atoms with Crippen molar-refractivity contribution in [1.29, 1.82) is 0 Å². The lowest BCUT2D eigenvalue weighted by Gasteiger charge is -2.12. The lowest BCUT2D eigenvalue weighted by molar-refractivity contribution is -0.113. The number of amides is 1. The molecular weight excluding hydrogens is 330 g/mol. The molecule has 0 aliphatic carbocycles. The van der Waals surface area contributed by atoms with Gasteiger partial charge in [0.1, 0.15) is 0 Å². The number of nitrogens with zero attached hydrogens (tertiary/aromatic N) is 1. The largest absolute Gasteiger partial charge is 0.333 e. The number of nitrogens with one attached hydrogen (secondary N) is 2. The molecule has 0 atom stereocenters. The van der Waals surface area contributed by atoms with E-state index in [9.17, 15) is 4.79 Å². The number of thioether (sulfide) groups is 1. The molecule has 0 bridgehead atoms. The predicted octanol–water partition coefficient (Wildman–Crippen LogP) is 4.73. The van der Waals surface area contributed by atoms with Crippen molar-refractivity contribution in [2.24, 2.45) is 0 Å². The molecule has 0 fully saturated rings. The van der Waals surface area contributed by atoms with Crippen molar-refractivity contribution in [3.05, 3.63) is 65.4 Å². The highest BCUT2D eigenvalue weighted by Crippen LogP contribution is 2.24. The second-order valence-electron chi connectivity index (χ2n) is 6.08. The van der Waals surface area contributed by atoms with Gasteiger partial charge in [0.25, 0.3) is 0 Å². The maximum atomic E-state index is 12.3. The summed E-state index contributed by atoms with van der Waals surface area (Å²) in [5, 5.41) is 3.75. The van der Waals surface area contributed by atoms with Crippen molar-refractivity contribution in [3.63, 3.8) is 0 Å². The minimum Gasteiger partial charge on any atom is -0.333 e. The van der Waals surface area contributed by atoms with E-state index in [0.29, 0.717) is 5.75 Å². The zero-order chi connectivity index (χ0) is 17.8. The highest BCUT2D eigenvalue weighted by Gasteiger charge is 2.10. The Kier molecular flexibility index (Phi) is 5.24. The quantitative estimate of drug-likeness (QED) is 0.653. The molecule has 4 nitrogen and oxygen atoms in total. The Morgan fingerprint density at radius 3 is 2.48 bits per heavy atom. The summed E-state index contributed by atoms with van der Waals surface area (Å²) < 4.78 is 0. The number of carbonyl (C=O) groups is 1. The number of anilines is 1. The lowest BCUT2D eigenvalue weighted by atomic mass is 10.1. The van der Waals surface area contributed by atoms with Crippen LogP contribution in [-0.2, 0) is 4.79 Å². The van der Waals surface area contributed by atoms with Crippen LogP contribution in [0.15, 0.2) is 53.8 Å². The summed E-state index contributed by atoms with van der Waals surface area (Å²) in [4.78, 5) is 19.9. The Balaban J connectivity index is 1.61. The first kappa shape index (κ1) is 17.3. The van der Waals surface area contributed by atoms with E-state index in [1.807, 2.05) is 44.2 Å². The molecule has 1 heterocycles. The molecule has 128 valence electrons. The molecule has 1 aromatic heterocycles. The topological polar surface area (TPSA) is 57.8 Å². The normalized spacial score (nSPS) is 10.7. The number of H-pyrrole nitrogens is 1. The summed E-state index contributed by atoms with van der Waals surface area (Å²) in [6.45, 7) is 6.09. The molecule has 2 aromatic carbocycles. The van der Waals surface area contributed by atoms with Crippen LogP contribution in [0.25, 0.3) is 11.3 Å². The summed E-state index contributed by atoms with van der Waals surface area (Å²) in [6.07, 6.45) is 1.80. The van der Waals surface area contributed by atoms with Crippen LogP contribution in [0.4, 0.5) is 5.69 Å². The Bertz CT molecular complexity index is 864. The van der Waals surface area contributed by atoms with Gasteiger partial charge >= 0.3 is 0 Å². The van der Waals surface area contributed by atoms with E-state index < -0.39 is 0 Å². The van der Waals surface area contributed by atoms with Gasteiger partial charge in [-0.05, 0) is 37.5 Å². The molecule has 0 aliphatic rings.